The Morgan fingerprint density at radius 2 is 1.20 bits per heavy atom. The number of fused-ring (bicyclic) bond motifs is 1. The summed E-state index contributed by atoms with van der Waals surface area (Å²) in [6, 6.07) is 37.2. The van der Waals surface area contributed by atoms with E-state index in [0.717, 1.165) is 12.2 Å². The van der Waals surface area contributed by atoms with Crippen molar-refractivity contribution in [2.75, 3.05) is 5.75 Å². The highest BCUT2D eigenvalue weighted by Crippen LogP contribution is 2.30. The second-order valence-corrected chi connectivity index (χ2v) is 8.22. The van der Waals surface area contributed by atoms with Crippen molar-refractivity contribution < 1.29 is 0 Å². The average molecular weight is 341 g/mol. The molecule has 4 rings (SSSR count). The lowest BCUT2D eigenvalue weighted by Gasteiger charge is -2.11. The molecule has 0 saturated carbocycles. The zero-order chi connectivity index (χ0) is 16.9. The first kappa shape index (κ1) is 16.0. The van der Waals surface area contributed by atoms with E-state index >= 15 is 0 Å². The maximum absolute atomic E-state index is 2.31. The largest absolute Gasteiger partial charge is 0.168 e. The molecule has 0 radical (unpaired) electrons. The SMILES string of the molecule is c1ccc(CC[S+](c2ccccc2)c2cccc3ccccc23)cc1. The Morgan fingerprint density at radius 3 is 2.00 bits per heavy atom. The summed E-state index contributed by atoms with van der Waals surface area (Å²) < 4.78 is 0. The Balaban J connectivity index is 1.74. The summed E-state index contributed by atoms with van der Waals surface area (Å²) in [7, 11) is 0.0737. The van der Waals surface area contributed by atoms with E-state index in [0.29, 0.717) is 0 Å². The average Bonchev–Trinajstić information content (AvgIpc) is 2.70. The standard InChI is InChI=1S/C24H21S/c1-3-10-20(11-4-1)18-19-25(22-14-5-2-6-15-22)24-17-9-13-21-12-7-8-16-23(21)24/h1-17H,18-19H2/q+1. The highest BCUT2D eigenvalue weighted by Gasteiger charge is 2.26. The maximum atomic E-state index is 2.31. The van der Waals surface area contributed by atoms with E-state index in [1.165, 1.54) is 26.1 Å². The van der Waals surface area contributed by atoms with Gasteiger partial charge in [0.05, 0.1) is 10.9 Å². The van der Waals surface area contributed by atoms with Gasteiger partial charge >= 0.3 is 0 Å². The molecule has 0 N–H and O–H groups in total. The zero-order valence-corrected chi connectivity index (χ0v) is 15.0. The quantitative estimate of drug-likeness (QED) is 0.384. The van der Waals surface area contributed by atoms with Crippen molar-refractivity contribution in [2.24, 2.45) is 0 Å². The van der Waals surface area contributed by atoms with Gasteiger partial charge in [-0.3, -0.25) is 0 Å². The summed E-state index contributed by atoms with van der Waals surface area (Å²) in [5, 5.41) is 2.71. The van der Waals surface area contributed by atoms with Crippen LogP contribution < -0.4 is 0 Å². The van der Waals surface area contributed by atoms with Crippen LogP contribution in [0, 0.1) is 0 Å². The van der Waals surface area contributed by atoms with Crippen LogP contribution in [0.5, 0.6) is 0 Å². The third kappa shape index (κ3) is 3.62. The summed E-state index contributed by atoms with van der Waals surface area (Å²) in [5.74, 6) is 1.14. The Kier molecular flexibility index (Phi) is 4.85. The molecule has 25 heavy (non-hydrogen) atoms. The molecule has 4 aromatic rings. The van der Waals surface area contributed by atoms with Crippen LogP contribution in [0.1, 0.15) is 5.56 Å². The number of benzene rings is 4. The van der Waals surface area contributed by atoms with E-state index in [2.05, 4.69) is 103 Å². The Bertz CT molecular complexity index is 940. The predicted molar refractivity (Wildman–Crippen MR) is 109 cm³/mol. The smallest absolute Gasteiger partial charge is 0.0622 e. The molecule has 0 aliphatic heterocycles. The third-order valence-corrected chi connectivity index (χ3v) is 6.82. The molecule has 4 aromatic carbocycles. The van der Waals surface area contributed by atoms with Gasteiger partial charge in [-0.25, -0.2) is 0 Å². The summed E-state index contributed by atoms with van der Waals surface area (Å²) >= 11 is 0. The monoisotopic (exact) mass is 341 g/mol. The maximum Gasteiger partial charge on any atom is 0.168 e. The summed E-state index contributed by atoms with van der Waals surface area (Å²) in [6.45, 7) is 0. The van der Waals surface area contributed by atoms with Crippen molar-refractivity contribution in [1.29, 1.82) is 0 Å². The van der Waals surface area contributed by atoms with Gasteiger partial charge in [-0.2, -0.15) is 0 Å². The first-order valence-corrected chi connectivity index (χ1v) is 10.1. The van der Waals surface area contributed by atoms with Gasteiger partial charge in [-0.15, -0.1) is 0 Å². The van der Waals surface area contributed by atoms with Crippen molar-refractivity contribution in [2.45, 2.75) is 16.2 Å². The van der Waals surface area contributed by atoms with Crippen LogP contribution in [0.15, 0.2) is 113 Å². The van der Waals surface area contributed by atoms with E-state index in [1.807, 2.05) is 0 Å². The first-order chi connectivity index (χ1) is 12.4. The van der Waals surface area contributed by atoms with E-state index in [4.69, 9.17) is 0 Å². The molecule has 1 atom stereocenters. The first-order valence-electron chi connectivity index (χ1n) is 8.69. The second-order valence-electron chi connectivity index (χ2n) is 6.12. The number of hydrogen-bond donors (Lipinski definition) is 0. The second kappa shape index (κ2) is 7.58. The molecular formula is C24H21S+. The van der Waals surface area contributed by atoms with E-state index in [1.54, 1.807) is 0 Å². The minimum atomic E-state index is 0.0737. The van der Waals surface area contributed by atoms with Gasteiger partial charge in [0, 0.05) is 11.8 Å². The Hall–Kier alpha value is -2.51. The molecule has 0 fully saturated rings. The van der Waals surface area contributed by atoms with Gasteiger partial charge in [0.15, 0.2) is 9.79 Å². The van der Waals surface area contributed by atoms with Gasteiger partial charge in [-0.1, -0.05) is 78.9 Å². The molecule has 0 aliphatic rings. The van der Waals surface area contributed by atoms with Crippen molar-refractivity contribution in [3.05, 3.63) is 109 Å². The summed E-state index contributed by atoms with van der Waals surface area (Å²) in [4.78, 5) is 2.88. The molecule has 0 amide bonds. The van der Waals surface area contributed by atoms with Crippen molar-refractivity contribution in [3.8, 4) is 0 Å². The van der Waals surface area contributed by atoms with Gasteiger partial charge in [-0.05, 0) is 35.2 Å². The number of hydrogen-bond acceptors (Lipinski definition) is 0. The lowest BCUT2D eigenvalue weighted by Crippen LogP contribution is -2.11. The Labute approximate surface area is 152 Å². The molecule has 0 saturated heterocycles. The highest BCUT2D eigenvalue weighted by atomic mass is 32.2. The lowest BCUT2D eigenvalue weighted by molar-refractivity contribution is 1.14. The van der Waals surface area contributed by atoms with Crippen LogP contribution in [-0.2, 0) is 17.3 Å². The van der Waals surface area contributed by atoms with Crippen LogP contribution in [0.2, 0.25) is 0 Å². The van der Waals surface area contributed by atoms with Crippen molar-refractivity contribution in [3.63, 3.8) is 0 Å². The highest BCUT2D eigenvalue weighted by molar-refractivity contribution is 7.97. The normalized spacial score (nSPS) is 12.2. The minimum Gasteiger partial charge on any atom is -0.0622 e. The van der Waals surface area contributed by atoms with Gasteiger partial charge in [0.1, 0.15) is 5.75 Å². The zero-order valence-electron chi connectivity index (χ0n) is 14.1. The Morgan fingerprint density at radius 1 is 0.560 bits per heavy atom. The molecule has 122 valence electrons. The fraction of sp³-hybridized carbons (Fsp3) is 0.0833. The van der Waals surface area contributed by atoms with Gasteiger partial charge in [0.2, 0.25) is 0 Å². The number of aryl methyl sites for hydroxylation is 1. The number of rotatable bonds is 5. The van der Waals surface area contributed by atoms with Crippen molar-refractivity contribution in [1.82, 2.24) is 0 Å². The molecule has 1 unspecified atom stereocenters. The van der Waals surface area contributed by atoms with E-state index in [9.17, 15) is 0 Å². The molecule has 0 spiro atoms. The third-order valence-electron chi connectivity index (χ3n) is 4.48. The van der Waals surface area contributed by atoms with Crippen molar-refractivity contribution >= 4 is 21.7 Å². The van der Waals surface area contributed by atoms with Crippen LogP contribution in [0.4, 0.5) is 0 Å². The lowest BCUT2D eigenvalue weighted by atomic mass is 10.1. The topological polar surface area (TPSA) is 0 Å². The molecule has 0 nitrogen and oxygen atoms in total. The van der Waals surface area contributed by atoms with Crippen LogP contribution in [-0.4, -0.2) is 5.75 Å². The molecule has 0 heterocycles. The minimum absolute atomic E-state index is 0.0737. The van der Waals surface area contributed by atoms with E-state index in [-0.39, 0.29) is 10.9 Å². The fourth-order valence-electron chi connectivity index (χ4n) is 3.21. The molecule has 0 bridgehead atoms. The molecular weight excluding hydrogens is 320 g/mol. The molecule has 1 heteroatoms. The van der Waals surface area contributed by atoms with E-state index < -0.39 is 0 Å². The molecule has 0 aliphatic carbocycles. The summed E-state index contributed by atoms with van der Waals surface area (Å²) in [5.41, 5.74) is 1.41. The van der Waals surface area contributed by atoms with Gasteiger partial charge < -0.3 is 0 Å². The van der Waals surface area contributed by atoms with Gasteiger partial charge in [0.25, 0.3) is 0 Å². The molecule has 0 aromatic heterocycles. The fourth-order valence-corrected chi connectivity index (χ4v) is 5.54. The predicted octanol–water partition coefficient (Wildman–Crippen LogP) is 6.12. The summed E-state index contributed by atoms with van der Waals surface area (Å²) in [6.07, 6.45) is 1.10. The van der Waals surface area contributed by atoms with Crippen LogP contribution >= 0.6 is 0 Å². The van der Waals surface area contributed by atoms with Crippen LogP contribution in [0.3, 0.4) is 0 Å². The van der Waals surface area contributed by atoms with Crippen LogP contribution in [0.25, 0.3) is 10.8 Å².